The van der Waals surface area contributed by atoms with E-state index in [1.54, 1.807) is 6.92 Å². The van der Waals surface area contributed by atoms with Crippen LogP contribution in [-0.4, -0.2) is 426 Å². The Balaban J connectivity index is 0.00000720. The largest absolute Gasteiger partial charge is 1.00 e. The van der Waals surface area contributed by atoms with Crippen LogP contribution in [0.15, 0.2) is 0 Å². The Morgan fingerprint density at radius 2 is 0.356 bits per heavy atom. The second kappa shape index (κ2) is 53.9. The minimum atomic E-state index is -2.18. The first-order valence-corrected chi connectivity index (χ1v) is 47.1. The first-order valence-electron chi connectivity index (χ1n) is 39.0. The maximum Gasteiger partial charge on any atom is 1.00 e. The summed E-state index contributed by atoms with van der Waals surface area (Å²) in [5, 5.41) is 229. The van der Waals surface area contributed by atoms with E-state index < -0.39 is 283 Å². The van der Waals surface area contributed by atoms with E-state index in [2.05, 4.69) is 0 Å². The van der Waals surface area contributed by atoms with Gasteiger partial charge >= 0.3 is 88.7 Å². The van der Waals surface area contributed by atoms with Crippen molar-refractivity contribution in [2.45, 2.75) is 332 Å². The maximum absolute atomic E-state index is 12.3. The first-order chi connectivity index (χ1) is 55.0. The van der Waals surface area contributed by atoms with Crippen LogP contribution in [0.1, 0.15) is 86.0 Å². The first kappa shape index (κ1) is 109. The fraction of sp³-hybridized carbons (Fsp3) is 0.957. The molecule has 16 bridgehead atoms. The molecule has 0 spiro atoms. The van der Waals surface area contributed by atoms with Gasteiger partial charge in [-0.05, 0) is 91.6 Å². The van der Waals surface area contributed by atoms with Crippen LogP contribution < -0.4 is 104 Å². The van der Waals surface area contributed by atoms with Crippen molar-refractivity contribution in [1.82, 2.24) is 0 Å². The van der Waals surface area contributed by atoms with E-state index >= 15 is 0 Å². The molecule has 30 rings (SSSR count). The van der Waals surface area contributed by atoms with Gasteiger partial charge in [0.25, 0.3) is 0 Å². The summed E-state index contributed by atoms with van der Waals surface area (Å²) in [7, 11) is 0. The molecule has 30 aliphatic rings. The van der Waals surface area contributed by atoms with Crippen LogP contribution in [-0.2, 0) is 90.2 Å². The fourth-order valence-electron chi connectivity index (χ4n) is 14.4. The quantitative estimate of drug-likeness (QED) is 0.0220. The van der Waals surface area contributed by atoms with Gasteiger partial charge in [0.1, 0.15) is 146 Å². The van der Waals surface area contributed by atoms with Crippen molar-refractivity contribution in [1.29, 1.82) is 0 Å². The second-order valence-electron chi connectivity index (χ2n) is 29.3. The van der Waals surface area contributed by atoms with Crippen molar-refractivity contribution in [3.8, 4) is 0 Å². The van der Waals surface area contributed by atoms with Gasteiger partial charge in [0.15, 0.2) is 50.3 Å². The Morgan fingerprint density at radius 1 is 0.220 bits per heavy atom. The number of thioether (sulfide) groups is 7. The third-order valence-electron chi connectivity index (χ3n) is 20.6. The van der Waals surface area contributed by atoms with Gasteiger partial charge in [0, 0.05) is 58.2 Å². The summed E-state index contributed by atoms with van der Waals surface area (Å²) in [4.78, 5) is 34.8. The van der Waals surface area contributed by atoms with E-state index in [0.29, 0.717) is 48.7 Å². The molecule has 30 aliphatic heterocycles. The molecule has 0 aliphatic carbocycles. The zero-order valence-corrected chi connectivity index (χ0v) is 78.9. The average Bonchev–Trinajstić information content (AvgIpc) is 0.771. The molecule has 40 atom stereocenters. The third-order valence-corrected chi connectivity index (χ3v) is 28.8. The third kappa shape index (κ3) is 29.0. The summed E-state index contributed by atoms with van der Waals surface area (Å²) < 4.78 is 102. The average molecular weight is 1860 g/mol. The van der Waals surface area contributed by atoms with Crippen molar-refractivity contribution >= 4 is 100 Å². The van der Waals surface area contributed by atoms with Crippen molar-refractivity contribution in [3.63, 3.8) is 0 Å². The summed E-state index contributed by atoms with van der Waals surface area (Å²) in [6.07, 6.45) is -71.3. The number of aliphatic hydroxyl groups is 16. The van der Waals surface area contributed by atoms with Crippen molar-refractivity contribution in [2.24, 2.45) is 0 Å². The topological polar surface area (TPSA) is 592 Å². The standard InChI is InChI=1S/C70H118O38S7.3Na/c1-6-14-109-21-29-56-42(80)50(88)66(95-29)105-58-31(23-111-16-8-3)97-68(52(90)44(58)82)107-62-35(27-115-20-13-38(75)76)100-70(54(92)46(62)84)108-61-34(26-114-19-12-37(73)74)98-64(48(86)40(61)78)101-55-28(10-5)93-63(47(85)39(55)77)102-60-33(25-113-18-11-36(71)72)99-69(53(91)45(60)83)106-59-32(24-112-17-9-4)96-67(51(89)43(59)81)104-57-30(22-110-15-7-2)94-65(103-56)49(87)41(57)79;;;/h28-35,39-70,77-92H,6-27H2,1-5H3,(H,71,72)(H,73,74)(H,75,76);;;/q;3*+1/p-3/t28?,29?,30?,31?,32?,33?,34?,35?,39-,40-,41-,42-,43-,44-,45-,46-,47?,48?,49?,50?,51?,52?,53?,54?,55-,56-,57-,58-,59-,60-,61-,62-,63-,64-,65-,66+,67+,68-,69+,70-;;;/m1.../s1. The van der Waals surface area contributed by atoms with E-state index in [0.717, 1.165) is 35.3 Å². The molecule has 0 aromatic carbocycles. The number of aliphatic carboxylic acids is 3. The number of rotatable bonds is 32. The van der Waals surface area contributed by atoms with E-state index in [1.165, 1.54) is 47.0 Å². The molecule has 118 heavy (non-hydrogen) atoms. The molecule has 48 heteroatoms. The molecule has 30 fully saturated rings. The molecular formula is C70H115Na3O38S7. The summed E-state index contributed by atoms with van der Waals surface area (Å²) in [6, 6.07) is 0. The van der Waals surface area contributed by atoms with Gasteiger partial charge in [-0.2, -0.15) is 82.3 Å². The SMILES string of the molecule is CCCSCC1O[C@@H]2O[C@@H]3C(CSCCC(=O)[O-])O[C@H](O[C@@H]4C(CSCCC(=O)[O-])O[C@H](O[C@@H]5C(CC)O[C@H](O[C@@H]6C(CSCCC(=O)[O-])O[C@@H](O[C@@H]7C(CSCCC)O[C@@H](O[C@@H]8C(CSCCC)O[C@H](O[C@@H]9C(CSCCC)O[C@@H](O[C@H]1[C@H](O)C2O)C(O)[C@H]9O)C(O)[C@H]8O)C(O)[C@H]7O)C(O)[C@H]6O)C(O)[C@H]5O)C(O)[C@H]4O)C(O)[C@H]3O.[Na+].[Na+].[Na+]. The molecule has 0 amide bonds. The molecule has 30 heterocycles. The number of carbonyl (C=O) groups excluding carboxylic acids is 3. The molecule has 0 aromatic rings. The molecule has 0 saturated carbocycles. The Kier molecular flexibility index (Phi) is 50.0. The molecule has 16 N–H and O–H groups in total. The van der Waals surface area contributed by atoms with E-state index in [1.807, 2.05) is 27.7 Å². The molecule has 668 valence electrons. The van der Waals surface area contributed by atoms with E-state index in [9.17, 15) is 111 Å². The number of ether oxygens (including phenoxy) is 16. The van der Waals surface area contributed by atoms with Crippen LogP contribution >= 0.6 is 82.3 Å². The smallest absolute Gasteiger partial charge is 0.550 e. The van der Waals surface area contributed by atoms with Gasteiger partial charge in [-0.25, -0.2) is 0 Å². The van der Waals surface area contributed by atoms with Crippen LogP contribution in [0.25, 0.3) is 0 Å². The molecule has 0 aromatic heterocycles. The van der Waals surface area contributed by atoms with Gasteiger partial charge in [0.05, 0.1) is 48.8 Å². The Labute approximate surface area is 780 Å². The Morgan fingerprint density at radius 3 is 0.492 bits per heavy atom. The molecule has 38 nitrogen and oxygen atoms in total. The van der Waals surface area contributed by atoms with Gasteiger partial charge in [-0.3, -0.25) is 0 Å². The monoisotopic (exact) mass is 1860 g/mol. The van der Waals surface area contributed by atoms with Crippen LogP contribution in [0.4, 0.5) is 0 Å². The van der Waals surface area contributed by atoms with Crippen molar-refractivity contribution in [3.05, 3.63) is 0 Å². The van der Waals surface area contributed by atoms with Gasteiger partial charge in [-0.1, -0.05) is 34.6 Å². The number of hydrogen-bond donors (Lipinski definition) is 16. The van der Waals surface area contributed by atoms with Crippen LogP contribution in [0, 0.1) is 0 Å². The summed E-state index contributed by atoms with van der Waals surface area (Å²) in [5.74, 6) is -3.15. The minimum Gasteiger partial charge on any atom is -0.550 e. The fourth-order valence-corrected chi connectivity index (χ4v) is 21.2. The maximum atomic E-state index is 12.3. The van der Waals surface area contributed by atoms with Gasteiger partial charge in [0.2, 0.25) is 0 Å². The predicted octanol–water partition coefficient (Wildman–Crippen LogP) is -16.7. The summed E-state index contributed by atoms with van der Waals surface area (Å²) in [6.45, 7) is 9.19. The van der Waals surface area contributed by atoms with E-state index in [4.69, 9.17) is 75.8 Å². The molecule has 0 radical (unpaired) electrons. The molecule has 30 saturated heterocycles. The zero-order chi connectivity index (χ0) is 83.6. The zero-order valence-electron chi connectivity index (χ0n) is 67.1. The van der Waals surface area contributed by atoms with E-state index in [-0.39, 0.29) is 153 Å². The molecule has 16 unspecified atom stereocenters. The predicted molar refractivity (Wildman–Crippen MR) is 406 cm³/mol. The Hall–Kier alpha value is 2.58. The van der Waals surface area contributed by atoms with Gasteiger partial charge in [-0.15, -0.1) is 0 Å². The normalized spacial score (nSPS) is 43.9. The number of carboxylic acids is 3. The Bertz CT molecular complexity index is 2900. The number of carboxylic acid groups (broad SMARTS) is 3. The van der Waals surface area contributed by atoms with Crippen LogP contribution in [0.5, 0.6) is 0 Å². The summed E-state index contributed by atoms with van der Waals surface area (Å²) in [5.41, 5.74) is 0. The van der Waals surface area contributed by atoms with Crippen molar-refractivity contribution < 1.29 is 276 Å². The van der Waals surface area contributed by atoms with Crippen molar-refractivity contribution in [2.75, 3.05) is 80.5 Å². The minimum absolute atomic E-state index is 0. The number of carbonyl (C=O) groups is 3. The van der Waals surface area contributed by atoms with Gasteiger partial charge < -0.3 is 187 Å². The molecular weight excluding hydrogens is 1740 g/mol. The number of aliphatic hydroxyl groups excluding tert-OH is 16. The van der Waals surface area contributed by atoms with Crippen LogP contribution in [0.2, 0.25) is 0 Å². The van der Waals surface area contributed by atoms with Crippen LogP contribution in [0.3, 0.4) is 0 Å². The summed E-state index contributed by atoms with van der Waals surface area (Å²) >= 11 is 8.22. The second-order valence-corrected chi connectivity index (χ2v) is 37.3. The number of hydrogen-bond acceptors (Lipinski definition) is 45.